The van der Waals surface area contributed by atoms with Crippen LogP contribution in [0.2, 0.25) is 5.02 Å². The van der Waals surface area contributed by atoms with E-state index in [-0.39, 0.29) is 0 Å². The van der Waals surface area contributed by atoms with Crippen LogP contribution in [0.25, 0.3) is 0 Å². The van der Waals surface area contributed by atoms with Crippen molar-refractivity contribution in [2.45, 2.75) is 0 Å². The Kier molecular flexibility index (Phi) is 6.36. The summed E-state index contributed by atoms with van der Waals surface area (Å²) >= 11 is 7.82. The molecule has 1 saturated heterocycles. The van der Waals surface area contributed by atoms with E-state index < -0.39 is 0 Å². The number of guanidine groups is 1. The van der Waals surface area contributed by atoms with E-state index in [1.54, 1.807) is 29.7 Å². The molecule has 1 fully saturated rings. The average Bonchev–Trinajstić information content (AvgIpc) is 3.18. The van der Waals surface area contributed by atoms with Crippen LogP contribution in [-0.4, -0.2) is 62.2 Å². The maximum absolute atomic E-state index is 6.03. The van der Waals surface area contributed by atoms with Gasteiger partial charge in [-0.1, -0.05) is 11.6 Å². The lowest BCUT2D eigenvalue weighted by Crippen LogP contribution is -2.52. The van der Waals surface area contributed by atoms with Gasteiger partial charge in [-0.15, -0.1) is 11.3 Å². The van der Waals surface area contributed by atoms with Crippen LogP contribution in [0.4, 0.5) is 5.00 Å². The normalized spacial score (nSPS) is 15.4. The van der Waals surface area contributed by atoms with Crippen LogP contribution in [0.15, 0.2) is 40.8 Å². The molecule has 0 aliphatic carbocycles. The third-order valence-corrected chi connectivity index (χ3v) is 5.17. The summed E-state index contributed by atoms with van der Waals surface area (Å²) in [6.45, 7) is 5.02. The van der Waals surface area contributed by atoms with E-state index in [0.717, 1.165) is 32.1 Å². The fraction of sp³-hybridized carbons (Fsp3) is 0.412. The Morgan fingerprint density at radius 1 is 1.32 bits per heavy atom. The molecular formula is C17H22ClN5OS. The minimum atomic E-state index is 0.463. The fourth-order valence-electron chi connectivity index (χ4n) is 2.71. The van der Waals surface area contributed by atoms with Crippen LogP contribution in [-0.2, 0) is 0 Å². The van der Waals surface area contributed by atoms with Crippen LogP contribution in [0.1, 0.15) is 0 Å². The van der Waals surface area contributed by atoms with E-state index in [0.29, 0.717) is 24.1 Å². The first-order valence-electron chi connectivity index (χ1n) is 8.25. The molecule has 0 saturated carbocycles. The highest BCUT2D eigenvalue weighted by atomic mass is 35.5. The minimum Gasteiger partial charge on any atom is -0.475 e. The molecule has 25 heavy (non-hydrogen) atoms. The molecule has 0 atom stereocenters. The number of nitrogens with one attached hydrogen (secondary N) is 1. The van der Waals surface area contributed by atoms with Crippen molar-refractivity contribution in [3.8, 4) is 5.88 Å². The summed E-state index contributed by atoms with van der Waals surface area (Å²) in [4.78, 5) is 13.2. The van der Waals surface area contributed by atoms with Gasteiger partial charge >= 0.3 is 0 Å². The van der Waals surface area contributed by atoms with E-state index in [2.05, 4.69) is 42.6 Å². The van der Waals surface area contributed by atoms with Crippen molar-refractivity contribution in [1.82, 2.24) is 15.2 Å². The summed E-state index contributed by atoms with van der Waals surface area (Å²) in [6, 6.07) is 7.82. The lowest BCUT2D eigenvalue weighted by atomic mass is 10.3. The molecule has 1 N–H and O–H groups in total. The summed E-state index contributed by atoms with van der Waals surface area (Å²) < 4.78 is 5.60. The van der Waals surface area contributed by atoms with Crippen molar-refractivity contribution < 1.29 is 4.74 Å². The summed E-state index contributed by atoms with van der Waals surface area (Å²) in [5.41, 5.74) is 0. The SMILES string of the molecule is CN=C(NCCOc1ncccc1Cl)N1CCN(c2cccs2)CC1. The van der Waals surface area contributed by atoms with E-state index in [4.69, 9.17) is 16.3 Å². The van der Waals surface area contributed by atoms with Gasteiger partial charge in [0.1, 0.15) is 11.6 Å². The summed E-state index contributed by atoms with van der Waals surface area (Å²) in [7, 11) is 1.81. The van der Waals surface area contributed by atoms with E-state index in [1.165, 1.54) is 5.00 Å². The van der Waals surface area contributed by atoms with Crippen molar-refractivity contribution in [3.63, 3.8) is 0 Å². The minimum absolute atomic E-state index is 0.463. The van der Waals surface area contributed by atoms with Crippen molar-refractivity contribution in [2.75, 3.05) is 51.3 Å². The van der Waals surface area contributed by atoms with Crippen molar-refractivity contribution in [2.24, 2.45) is 4.99 Å². The van der Waals surface area contributed by atoms with Gasteiger partial charge in [0.2, 0.25) is 5.88 Å². The Balaban J connectivity index is 1.42. The predicted octanol–water partition coefficient (Wildman–Crippen LogP) is 2.57. The number of halogens is 1. The van der Waals surface area contributed by atoms with Gasteiger partial charge in [-0.2, -0.15) is 0 Å². The molecule has 1 aliphatic rings. The Hall–Kier alpha value is -1.99. The second-order valence-corrected chi connectivity index (χ2v) is 6.87. The molecule has 0 bridgehead atoms. The predicted molar refractivity (Wildman–Crippen MR) is 104 cm³/mol. The van der Waals surface area contributed by atoms with Crippen molar-refractivity contribution >= 4 is 33.9 Å². The molecule has 134 valence electrons. The topological polar surface area (TPSA) is 53.0 Å². The van der Waals surface area contributed by atoms with Gasteiger partial charge < -0.3 is 19.9 Å². The van der Waals surface area contributed by atoms with Gasteiger partial charge in [-0.3, -0.25) is 4.99 Å². The average molecular weight is 380 g/mol. The maximum Gasteiger partial charge on any atom is 0.232 e. The fourth-order valence-corrected chi connectivity index (χ4v) is 3.67. The highest BCUT2D eigenvalue weighted by Gasteiger charge is 2.20. The zero-order chi connectivity index (χ0) is 17.5. The summed E-state index contributed by atoms with van der Waals surface area (Å²) in [6.07, 6.45) is 1.67. The standard InChI is InChI=1S/C17H22ClN5OS/c1-19-17(21-7-12-24-16-14(18)4-2-6-20-16)23-10-8-22(9-11-23)15-5-3-13-25-15/h2-6,13H,7-12H2,1H3,(H,19,21). The quantitative estimate of drug-likeness (QED) is 0.491. The smallest absolute Gasteiger partial charge is 0.232 e. The number of thiophene rings is 1. The second-order valence-electron chi connectivity index (χ2n) is 5.54. The van der Waals surface area contributed by atoms with Gasteiger partial charge in [0.15, 0.2) is 5.96 Å². The van der Waals surface area contributed by atoms with Gasteiger partial charge in [0, 0.05) is 39.4 Å². The van der Waals surface area contributed by atoms with Gasteiger partial charge in [0.25, 0.3) is 0 Å². The Morgan fingerprint density at radius 3 is 2.84 bits per heavy atom. The van der Waals surface area contributed by atoms with Crippen molar-refractivity contribution in [3.05, 3.63) is 40.9 Å². The number of rotatable bonds is 5. The molecule has 0 unspecified atom stereocenters. The number of hydrogen-bond donors (Lipinski definition) is 1. The highest BCUT2D eigenvalue weighted by Crippen LogP contribution is 2.22. The summed E-state index contributed by atoms with van der Waals surface area (Å²) in [5.74, 6) is 1.37. The molecule has 1 aliphatic heterocycles. The molecule has 2 aromatic heterocycles. The van der Waals surface area contributed by atoms with Crippen LogP contribution < -0.4 is 15.0 Å². The number of aromatic nitrogens is 1. The van der Waals surface area contributed by atoms with E-state index in [9.17, 15) is 0 Å². The first-order valence-corrected chi connectivity index (χ1v) is 9.51. The first-order chi connectivity index (χ1) is 12.3. The Labute approximate surface area is 157 Å². The molecule has 2 aromatic rings. The van der Waals surface area contributed by atoms with Crippen LogP contribution in [0, 0.1) is 0 Å². The lowest BCUT2D eigenvalue weighted by Gasteiger charge is -2.37. The molecule has 0 spiro atoms. The van der Waals surface area contributed by atoms with Gasteiger partial charge in [0.05, 0.1) is 11.5 Å². The zero-order valence-electron chi connectivity index (χ0n) is 14.2. The number of nitrogens with zero attached hydrogens (tertiary/aromatic N) is 4. The number of ether oxygens (including phenoxy) is 1. The van der Waals surface area contributed by atoms with Gasteiger partial charge in [-0.25, -0.2) is 4.98 Å². The monoisotopic (exact) mass is 379 g/mol. The Bertz CT molecular complexity index is 686. The largest absolute Gasteiger partial charge is 0.475 e. The third-order valence-electron chi connectivity index (χ3n) is 3.96. The third kappa shape index (κ3) is 4.76. The Morgan fingerprint density at radius 2 is 2.16 bits per heavy atom. The number of pyridine rings is 1. The zero-order valence-corrected chi connectivity index (χ0v) is 15.8. The molecular weight excluding hydrogens is 358 g/mol. The van der Waals surface area contributed by atoms with E-state index >= 15 is 0 Å². The number of anilines is 1. The number of hydrogen-bond acceptors (Lipinski definition) is 5. The van der Waals surface area contributed by atoms with Crippen LogP contribution >= 0.6 is 22.9 Å². The molecule has 3 heterocycles. The van der Waals surface area contributed by atoms with E-state index in [1.807, 2.05) is 7.05 Å². The van der Waals surface area contributed by atoms with Crippen molar-refractivity contribution in [1.29, 1.82) is 0 Å². The number of aliphatic imine (C=N–C) groups is 1. The molecule has 0 aromatic carbocycles. The van der Waals surface area contributed by atoms with Gasteiger partial charge in [-0.05, 0) is 29.6 Å². The second kappa shape index (κ2) is 8.92. The molecule has 0 amide bonds. The van der Waals surface area contributed by atoms with Crippen LogP contribution in [0.5, 0.6) is 5.88 Å². The lowest BCUT2D eigenvalue weighted by molar-refractivity contribution is 0.304. The maximum atomic E-state index is 6.03. The molecule has 3 rings (SSSR count). The van der Waals surface area contributed by atoms with Crippen LogP contribution in [0.3, 0.4) is 0 Å². The first kappa shape index (κ1) is 17.8. The highest BCUT2D eigenvalue weighted by molar-refractivity contribution is 7.14. The molecule has 8 heteroatoms. The number of piperazine rings is 1. The molecule has 0 radical (unpaired) electrons. The molecule has 6 nitrogen and oxygen atoms in total. The summed E-state index contributed by atoms with van der Waals surface area (Å²) in [5, 5.41) is 7.32.